The van der Waals surface area contributed by atoms with E-state index in [-0.39, 0.29) is 5.41 Å². The molecule has 1 nitrogen and oxygen atoms in total. The fraction of sp³-hybridized carbons (Fsp3) is 0.0857. The Balaban J connectivity index is 1.18. The molecule has 0 radical (unpaired) electrons. The van der Waals surface area contributed by atoms with E-state index < -0.39 is 5.41 Å². The number of nitrogens with zero attached hydrogens (tertiary/aromatic N) is 1. The third-order valence-electron chi connectivity index (χ3n) is 15.8. The van der Waals surface area contributed by atoms with Gasteiger partial charge < -0.3 is 4.90 Å². The highest BCUT2D eigenvalue weighted by atomic mass is 15.1. The molecule has 71 heavy (non-hydrogen) atoms. The summed E-state index contributed by atoms with van der Waals surface area (Å²) >= 11 is 0. The van der Waals surface area contributed by atoms with Crippen LogP contribution in [0.3, 0.4) is 0 Å². The van der Waals surface area contributed by atoms with Crippen molar-refractivity contribution in [3.63, 3.8) is 0 Å². The van der Waals surface area contributed by atoms with Crippen molar-refractivity contribution in [2.75, 3.05) is 4.90 Å². The van der Waals surface area contributed by atoms with Crippen molar-refractivity contribution in [2.24, 2.45) is 0 Å². The van der Waals surface area contributed by atoms with E-state index in [1.165, 1.54) is 111 Å². The van der Waals surface area contributed by atoms with Crippen LogP contribution in [0.5, 0.6) is 0 Å². The zero-order valence-corrected chi connectivity index (χ0v) is 40.6. The van der Waals surface area contributed by atoms with Crippen LogP contribution in [-0.4, -0.2) is 0 Å². The first-order valence-electron chi connectivity index (χ1n) is 25.0. The first-order chi connectivity index (χ1) is 34.8. The van der Waals surface area contributed by atoms with Gasteiger partial charge in [0.1, 0.15) is 0 Å². The summed E-state index contributed by atoms with van der Waals surface area (Å²) in [6.45, 7) is 9.31. The van der Waals surface area contributed by atoms with Gasteiger partial charge in [-0.25, -0.2) is 0 Å². The fourth-order valence-electron chi connectivity index (χ4n) is 12.5. The van der Waals surface area contributed by atoms with E-state index in [1.54, 1.807) is 0 Å². The van der Waals surface area contributed by atoms with Gasteiger partial charge in [0.05, 0.1) is 11.1 Å². The maximum atomic E-state index is 2.61. The van der Waals surface area contributed by atoms with E-state index >= 15 is 0 Å². The highest BCUT2D eigenvalue weighted by Crippen LogP contribution is 2.59. The van der Waals surface area contributed by atoms with Gasteiger partial charge in [0.25, 0.3) is 0 Å². The van der Waals surface area contributed by atoms with Crippen molar-refractivity contribution >= 4 is 27.8 Å². The standard InChI is InChI=1S/C70H53N/c1-46-22-11-14-30-54(46)62-42-49(57-35-21-25-48-24-13-16-32-56(48)57)43-63(55-31-15-12-23-47(55)2)68(62)71(52-38-40-60-58-33-17-19-36-64(58)69(3,4)66(60)44-52)53-39-41-61-59-34-18-20-37-65(59)70(67(61)45-53,50-26-7-5-8-27-50)51-28-9-6-10-29-51/h5-45H,1-4H3. The molecule has 0 amide bonds. The molecule has 0 aliphatic heterocycles. The Labute approximate surface area is 418 Å². The van der Waals surface area contributed by atoms with Crippen LogP contribution in [0.1, 0.15) is 58.4 Å². The Morgan fingerprint density at radius 3 is 1.35 bits per heavy atom. The number of hydrogen-bond acceptors (Lipinski definition) is 1. The van der Waals surface area contributed by atoms with Crippen molar-refractivity contribution in [3.05, 3.63) is 293 Å². The molecule has 0 fully saturated rings. The van der Waals surface area contributed by atoms with Crippen LogP contribution in [0.4, 0.5) is 17.1 Å². The molecule has 13 rings (SSSR count). The normalized spacial score (nSPS) is 13.6. The predicted octanol–water partition coefficient (Wildman–Crippen LogP) is 18.6. The topological polar surface area (TPSA) is 3.24 Å². The summed E-state index contributed by atoms with van der Waals surface area (Å²) in [6, 6.07) is 93.3. The quantitative estimate of drug-likeness (QED) is 0.147. The van der Waals surface area contributed by atoms with Gasteiger partial charge in [0.15, 0.2) is 0 Å². The maximum Gasteiger partial charge on any atom is 0.0714 e. The van der Waals surface area contributed by atoms with Gasteiger partial charge in [-0.3, -0.25) is 0 Å². The summed E-state index contributed by atoms with van der Waals surface area (Å²) in [5.41, 5.74) is 25.1. The molecule has 0 aromatic heterocycles. The van der Waals surface area contributed by atoms with Crippen molar-refractivity contribution in [3.8, 4) is 55.6 Å². The van der Waals surface area contributed by atoms with Crippen LogP contribution >= 0.6 is 0 Å². The second-order valence-electron chi connectivity index (χ2n) is 20.1. The van der Waals surface area contributed by atoms with Crippen LogP contribution in [-0.2, 0) is 10.8 Å². The van der Waals surface area contributed by atoms with Gasteiger partial charge in [-0.2, -0.15) is 0 Å². The van der Waals surface area contributed by atoms with Gasteiger partial charge in [-0.05, 0) is 150 Å². The highest BCUT2D eigenvalue weighted by molar-refractivity contribution is 6.05. The molecule has 11 aromatic rings. The SMILES string of the molecule is Cc1ccccc1-c1cc(-c2cccc3ccccc23)cc(-c2ccccc2C)c1N(c1ccc2c(c1)C(C)(C)c1ccccc1-2)c1ccc2c(c1)C(c1ccccc1)(c1ccccc1)c1ccccc1-2. The second-order valence-corrected chi connectivity index (χ2v) is 20.1. The molecule has 338 valence electrons. The Morgan fingerprint density at radius 1 is 0.310 bits per heavy atom. The molecule has 0 unspecified atom stereocenters. The smallest absolute Gasteiger partial charge is 0.0714 e. The number of benzene rings is 11. The number of fused-ring (bicyclic) bond motifs is 7. The average Bonchev–Trinajstić information content (AvgIpc) is 3.84. The molecule has 11 aromatic carbocycles. The zero-order valence-electron chi connectivity index (χ0n) is 40.6. The van der Waals surface area contributed by atoms with Crippen LogP contribution in [0.2, 0.25) is 0 Å². The number of aryl methyl sites for hydroxylation is 2. The number of anilines is 3. The predicted molar refractivity (Wildman–Crippen MR) is 299 cm³/mol. The largest absolute Gasteiger partial charge is 0.309 e. The van der Waals surface area contributed by atoms with E-state index in [1.807, 2.05) is 0 Å². The van der Waals surface area contributed by atoms with Crippen molar-refractivity contribution in [1.82, 2.24) is 0 Å². The number of hydrogen-bond donors (Lipinski definition) is 0. The summed E-state index contributed by atoms with van der Waals surface area (Å²) < 4.78 is 0. The number of rotatable bonds is 8. The molecule has 2 aliphatic carbocycles. The van der Waals surface area contributed by atoms with E-state index in [0.29, 0.717) is 0 Å². The summed E-state index contributed by atoms with van der Waals surface area (Å²) in [4.78, 5) is 2.61. The van der Waals surface area contributed by atoms with Crippen molar-refractivity contribution < 1.29 is 0 Å². The Bertz CT molecular complexity index is 3760. The summed E-state index contributed by atoms with van der Waals surface area (Å²) in [7, 11) is 0. The Hall–Kier alpha value is -8.52. The minimum atomic E-state index is -0.576. The molecule has 0 saturated heterocycles. The van der Waals surface area contributed by atoms with Gasteiger partial charge in [-0.1, -0.05) is 226 Å². The first kappa shape index (κ1) is 42.6. The van der Waals surface area contributed by atoms with Gasteiger partial charge in [-0.15, -0.1) is 0 Å². The molecule has 0 atom stereocenters. The lowest BCUT2D eigenvalue weighted by molar-refractivity contribution is 0.660. The zero-order chi connectivity index (χ0) is 47.8. The van der Waals surface area contributed by atoms with Crippen LogP contribution in [0.15, 0.2) is 249 Å². The third kappa shape index (κ3) is 6.53. The maximum absolute atomic E-state index is 2.61. The van der Waals surface area contributed by atoms with Crippen LogP contribution < -0.4 is 4.90 Å². The molecule has 0 heterocycles. The molecule has 0 bridgehead atoms. The molecular formula is C70H53N. The minimum Gasteiger partial charge on any atom is -0.309 e. The first-order valence-corrected chi connectivity index (χ1v) is 25.0. The summed E-state index contributed by atoms with van der Waals surface area (Å²) in [5, 5.41) is 2.47. The molecule has 1 heteroatoms. The monoisotopic (exact) mass is 907 g/mol. The third-order valence-corrected chi connectivity index (χ3v) is 15.8. The Kier molecular flexibility index (Phi) is 9.94. The van der Waals surface area contributed by atoms with Gasteiger partial charge in [0.2, 0.25) is 0 Å². The fourth-order valence-corrected chi connectivity index (χ4v) is 12.5. The molecule has 0 spiro atoms. The lowest BCUT2D eigenvalue weighted by Gasteiger charge is -2.36. The average molecular weight is 908 g/mol. The van der Waals surface area contributed by atoms with E-state index in [0.717, 1.165) is 17.1 Å². The van der Waals surface area contributed by atoms with E-state index in [9.17, 15) is 0 Å². The van der Waals surface area contributed by atoms with E-state index in [4.69, 9.17) is 0 Å². The van der Waals surface area contributed by atoms with E-state index in [2.05, 4.69) is 281 Å². The highest BCUT2D eigenvalue weighted by Gasteiger charge is 2.46. The van der Waals surface area contributed by atoms with Gasteiger partial charge in [0, 0.05) is 27.9 Å². The molecule has 0 N–H and O–H groups in total. The summed E-state index contributed by atoms with van der Waals surface area (Å²) in [6.07, 6.45) is 0. The summed E-state index contributed by atoms with van der Waals surface area (Å²) in [5.74, 6) is 0. The van der Waals surface area contributed by atoms with Crippen LogP contribution in [0, 0.1) is 13.8 Å². The van der Waals surface area contributed by atoms with Gasteiger partial charge >= 0.3 is 0 Å². The van der Waals surface area contributed by atoms with Crippen molar-refractivity contribution in [2.45, 2.75) is 38.5 Å². The lowest BCUT2D eigenvalue weighted by Crippen LogP contribution is -2.28. The van der Waals surface area contributed by atoms with Crippen molar-refractivity contribution in [1.29, 1.82) is 0 Å². The van der Waals surface area contributed by atoms with Crippen LogP contribution in [0.25, 0.3) is 66.4 Å². The second kappa shape index (κ2) is 16.6. The Morgan fingerprint density at radius 2 is 0.746 bits per heavy atom. The molecule has 2 aliphatic rings. The lowest BCUT2D eigenvalue weighted by atomic mass is 9.67. The minimum absolute atomic E-state index is 0.209. The molecular weight excluding hydrogens is 855 g/mol. The molecule has 0 saturated carbocycles.